The Bertz CT molecular complexity index is 364. The largest absolute Gasteiger partial charge is 0.368 e. The predicted octanol–water partition coefficient (Wildman–Crippen LogP) is 1.74. The minimum atomic E-state index is 0.418. The standard InChI is InChI=1S/C9H14BrN5/c1-9(2-3-9)5-13-7-6(10)4-12-8(14-7)15-11/h4H,2-3,5,11H2,1H3,(H2,12,13,14,15). The lowest BCUT2D eigenvalue weighted by Crippen LogP contribution is -2.15. The van der Waals surface area contributed by atoms with Gasteiger partial charge in [0.05, 0.1) is 4.47 Å². The predicted molar refractivity (Wildman–Crippen MR) is 63.4 cm³/mol. The molecule has 4 N–H and O–H groups in total. The Kier molecular flexibility index (Phi) is 2.79. The lowest BCUT2D eigenvalue weighted by atomic mass is 10.1. The zero-order valence-corrected chi connectivity index (χ0v) is 10.1. The molecule has 1 aliphatic carbocycles. The first-order valence-corrected chi connectivity index (χ1v) is 5.65. The van der Waals surface area contributed by atoms with Crippen molar-refractivity contribution in [3.05, 3.63) is 10.7 Å². The zero-order valence-electron chi connectivity index (χ0n) is 8.55. The van der Waals surface area contributed by atoms with Crippen LogP contribution in [-0.2, 0) is 0 Å². The molecule has 0 spiro atoms. The van der Waals surface area contributed by atoms with Gasteiger partial charge < -0.3 is 5.32 Å². The molecular weight excluding hydrogens is 258 g/mol. The number of nitrogens with two attached hydrogens (primary N) is 1. The van der Waals surface area contributed by atoms with Crippen LogP contribution in [0.4, 0.5) is 11.8 Å². The van der Waals surface area contributed by atoms with Gasteiger partial charge in [0.1, 0.15) is 5.82 Å². The summed E-state index contributed by atoms with van der Waals surface area (Å²) >= 11 is 3.39. The van der Waals surface area contributed by atoms with E-state index in [9.17, 15) is 0 Å². The van der Waals surface area contributed by atoms with Crippen molar-refractivity contribution < 1.29 is 0 Å². The number of nitrogens with zero attached hydrogens (tertiary/aromatic N) is 2. The molecule has 0 radical (unpaired) electrons. The summed E-state index contributed by atoms with van der Waals surface area (Å²) in [6.07, 6.45) is 4.25. The maximum absolute atomic E-state index is 5.24. The normalized spacial score (nSPS) is 17.3. The van der Waals surface area contributed by atoms with Crippen LogP contribution >= 0.6 is 15.9 Å². The minimum absolute atomic E-state index is 0.418. The average molecular weight is 272 g/mol. The van der Waals surface area contributed by atoms with E-state index in [-0.39, 0.29) is 0 Å². The fourth-order valence-corrected chi connectivity index (χ4v) is 1.58. The SMILES string of the molecule is CC1(CNc2nc(NN)ncc2Br)CC1. The summed E-state index contributed by atoms with van der Waals surface area (Å²) in [5.41, 5.74) is 2.87. The van der Waals surface area contributed by atoms with Gasteiger partial charge in [0.15, 0.2) is 0 Å². The van der Waals surface area contributed by atoms with Crippen LogP contribution in [0.25, 0.3) is 0 Å². The summed E-state index contributed by atoms with van der Waals surface area (Å²) in [5, 5.41) is 3.30. The van der Waals surface area contributed by atoms with Crippen LogP contribution in [0.3, 0.4) is 0 Å². The first-order chi connectivity index (χ1) is 7.13. The molecule has 1 aromatic rings. The van der Waals surface area contributed by atoms with Crippen molar-refractivity contribution in [2.75, 3.05) is 17.3 Å². The second-order valence-corrected chi connectivity index (χ2v) is 5.05. The number of hydrogen-bond acceptors (Lipinski definition) is 5. The van der Waals surface area contributed by atoms with E-state index in [1.165, 1.54) is 12.8 Å². The van der Waals surface area contributed by atoms with E-state index in [2.05, 4.69) is 43.6 Å². The quantitative estimate of drug-likeness (QED) is 0.575. The highest BCUT2D eigenvalue weighted by Gasteiger charge is 2.36. The molecule has 1 fully saturated rings. The second kappa shape index (κ2) is 3.94. The molecule has 2 rings (SSSR count). The van der Waals surface area contributed by atoms with Gasteiger partial charge in [-0.3, -0.25) is 5.43 Å². The van der Waals surface area contributed by atoms with Crippen molar-refractivity contribution in [3.63, 3.8) is 0 Å². The second-order valence-electron chi connectivity index (χ2n) is 4.20. The fraction of sp³-hybridized carbons (Fsp3) is 0.556. The third-order valence-corrected chi connectivity index (χ3v) is 3.24. The van der Waals surface area contributed by atoms with Crippen molar-refractivity contribution in [2.24, 2.45) is 11.3 Å². The molecule has 6 heteroatoms. The Hall–Kier alpha value is -0.880. The molecule has 1 aliphatic rings. The van der Waals surface area contributed by atoms with E-state index in [0.29, 0.717) is 11.4 Å². The van der Waals surface area contributed by atoms with Crippen LogP contribution in [0.1, 0.15) is 19.8 Å². The molecule has 1 aromatic heterocycles. The Morgan fingerprint density at radius 2 is 2.33 bits per heavy atom. The molecule has 0 unspecified atom stereocenters. The number of rotatable bonds is 4. The summed E-state index contributed by atoms with van der Waals surface area (Å²) in [5.74, 6) is 6.45. The van der Waals surface area contributed by atoms with E-state index in [1.54, 1.807) is 6.20 Å². The summed E-state index contributed by atoms with van der Waals surface area (Å²) in [6, 6.07) is 0. The smallest absolute Gasteiger partial charge is 0.239 e. The molecule has 15 heavy (non-hydrogen) atoms. The Labute approximate surface area is 97.0 Å². The van der Waals surface area contributed by atoms with Gasteiger partial charge in [-0.15, -0.1) is 0 Å². The topological polar surface area (TPSA) is 75.9 Å². The van der Waals surface area contributed by atoms with Crippen molar-refractivity contribution >= 4 is 27.7 Å². The molecule has 0 amide bonds. The fourth-order valence-electron chi connectivity index (χ4n) is 1.25. The van der Waals surface area contributed by atoms with Crippen molar-refractivity contribution in [2.45, 2.75) is 19.8 Å². The molecule has 1 heterocycles. The molecule has 5 nitrogen and oxygen atoms in total. The van der Waals surface area contributed by atoms with Gasteiger partial charge in [-0.25, -0.2) is 10.8 Å². The Morgan fingerprint density at radius 1 is 1.60 bits per heavy atom. The average Bonchev–Trinajstić information content (AvgIpc) is 2.96. The van der Waals surface area contributed by atoms with Crippen molar-refractivity contribution in [3.8, 4) is 0 Å². The molecule has 0 aliphatic heterocycles. The van der Waals surface area contributed by atoms with E-state index in [1.807, 2.05) is 0 Å². The third-order valence-electron chi connectivity index (χ3n) is 2.66. The highest BCUT2D eigenvalue weighted by molar-refractivity contribution is 9.10. The lowest BCUT2D eigenvalue weighted by Gasteiger charge is -2.12. The van der Waals surface area contributed by atoms with Gasteiger partial charge in [0, 0.05) is 12.7 Å². The van der Waals surface area contributed by atoms with Crippen LogP contribution in [-0.4, -0.2) is 16.5 Å². The van der Waals surface area contributed by atoms with Crippen molar-refractivity contribution in [1.82, 2.24) is 9.97 Å². The number of aromatic nitrogens is 2. The number of hydrogen-bond donors (Lipinski definition) is 3. The van der Waals surface area contributed by atoms with Gasteiger partial charge in [-0.05, 0) is 34.2 Å². The van der Waals surface area contributed by atoms with Crippen LogP contribution in [0.15, 0.2) is 10.7 Å². The van der Waals surface area contributed by atoms with Gasteiger partial charge in [0.25, 0.3) is 0 Å². The van der Waals surface area contributed by atoms with Gasteiger partial charge in [-0.1, -0.05) is 6.92 Å². The number of nitrogens with one attached hydrogen (secondary N) is 2. The molecule has 0 saturated heterocycles. The third kappa shape index (κ3) is 2.57. The maximum Gasteiger partial charge on any atom is 0.239 e. The maximum atomic E-state index is 5.24. The van der Waals surface area contributed by atoms with Gasteiger partial charge >= 0.3 is 0 Å². The molecule has 82 valence electrons. The Balaban J connectivity index is 2.05. The van der Waals surface area contributed by atoms with E-state index >= 15 is 0 Å². The minimum Gasteiger partial charge on any atom is -0.368 e. The van der Waals surface area contributed by atoms with Gasteiger partial charge in [0.2, 0.25) is 5.95 Å². The summed E-state index contributed by atoms with van der Waals surface area (Å²) in [4.78, 5) is 8.20. The monoisotopic (exact) mass is 271 g/mol. The zero-order chi connectivity index (χ0) is 10.9. The first kappa shape index (κ1) is 10.6. The first-order valence-electron chi connectivity index (χ1n) is 4.86. The van der Waals surface area contributed by atoms with E-state index in [4.69, 9.17) is 5.84 Å². The summed E-state index contributed by atoms with van der Waals surface area (Å²) < 4.78 is 0.853. The van der Waals surface area contributed by atoms with Crippen LogP contribution < -0.4 is 16.6 Å². The lowest BCUT2D eigenvalue weighted by molar-refractivity contribution is 0.609. The van der Waals surface area contributed by atoms with Crippen molar-refractivity contribution in [1.29, 1.82) is 0 Å². The number of nitrogen functional groups attached to an aromatic ring is 1. The molecule has 1 saturated carbocycles. The van der Waals surface area contributed by atoms with E-state index < -0.39 is 0 Å². The van der Waals surface area contributed by atoms with E-state index in [0.717, 1.165) is 16.8 Å². The number of halogens is 1. The highest BCUT2D eigenvalue weighted by Crippen LogP contribution is 2.44. The molecule has 0 atom stereocenters. The van der Waals surface area contributed by atoms with Crippen LogP contribution in [0.5, 0.6) is 0 Å². The highest BCUT2D eigenvalue weighted by atomic mass is 79.9. The van der Waals surface area contributed by atoms with Crippen LogP contribution in [0, 0.1) is 5.41 Å². The molecule has 0 bridgehead atoms. The summed E-state index contributed by atoms with van der Waals surface area (Å²) in [6.45, 7) is 3.20. The summed E-state index contributed by atoms with van der Waals surface area (Å²) in [7, 11) is 0. The molecular formula is C9H14BrN5. The molecule has 0 aromatic carbocycles. The number of hydrazine groups is 1. The van der Waals surface area contributed by atoms with Crippen LogP contribution in [0.2, 0.25) is 0 Å². The van der Waals surface area contributed by atoms with Gasteiger partial charge in [-0.2, -0.15) is 4.98 Å². The Morgan fingerprint density at radius 3 is 2.93 bits per heavy atom. The number of anilines is 2.